The van der Waals surface area contributed by atoms with Gasteiger partial charge in [-0.2, -0.15) is 13.2 Å². The number of alkyl halides is 3. The van der Waals surface area contributed by atoms with Gasteiger partial charge in [-0.3, -0.25) is 14.5 Å². The van der Waals surface area contributed by atoms with Gasteiger partial charge in [0.1, 0.15) is 17.3 Å². The van der Waals surface area contributed by atoms with E-state index < -0.39 is 41.0 Å². The Balaban J connectivity index is 1.95. The number of nitrogens with zero attached hydrogens (tertiary/aromatic N) is 1. The van der Waals surface area contributed by atoms with Crippen molar-refractivity contribution in [1.29, 1.82) is 0 Å². The number of carbonyl (C=O) groups excluding carboxylic acids is 2. The molecule has 35 heavy (non-hydrogen) atoms. The van der Waals surface area contributed by atoms with Gasteiger partial charge in [0.25, 0.3) is 11.7 Å². The molecule has 1 N–H and O–H groups in total. The molecule has 1 unspecified atom stereocenters. The zero-order chi connectivity index (χ0) is 25.5. The molecule has 0 spiro atoms. The van der Waals surface area contributed by atoms with Crippen molar-refractivity contribution in [2.45, 2.75) is 19.1 Å². The number of hydrogen-bond donors (Lipinski definition) is 1. The van der Waals surface area contributed by atoms with Crippen molar-refractivity contribution < 1.29 is 37.0 Å². The second-order valence-electron chi connectivity index (χ2n) is 7.97. The Morgan fingerprint density at radius 3 is 2.29 bits per heavy atom. The minimum Gasteiger partial charge on any atom is -0.507 e. The SMILES string of the molecule is COc1ccc(F)cc1/C(O)=C1\C(=O)C(=O)N(c2ccc(C(F)(F)F)cc2)C1c1cccc(C)c1. The summed E-state index contributed by atoms with van der Waals surface area (Å²) in [6, 6.07) is 12.7. The molecule has 0 aromatic heterocycles. The Labute approximate surface area is 197 Å². The minimum atomic E-state index is -4.59. The number of ether oxygens (including phenoxy) is 1. The van der Waals surface area contributed by atoms with E-state index in [2.05, 4.69) is 0 Å². The van der Waals surface area contributed by atoms with E-state index in [0.29, 0.717) is 5.56 Å². The standard InChI is InChI=1S/C26H19F4NO4/c1-14-4-3-5-15(12-14)22-21(23(32)19-13-17(27)8-11-20(19)35-2)24(33)25(34)31(22)18-9-6-16(7-10-18)26(28,29)30/h3-13,22,32H,1-2H3/b23-21+. The average molecular weight is 485 g/mol. The summed E-state index contributed by atoms with van der Waals surface area (Å²) in [6.45, 7) is 1.78. The number of Topliss-reactive ketones (excluding diaryl/α,β-unsaturated/α-hetero) is 1. The van der Waals surface area contributed by atoms with E-state index in [4.69, 9.17) is 4.74 Å². The van der Waals surface area contributed by atoms with Crippen LogP contribution < -0.4 is 9.64 Å². The predicted molar refractivity (Wildman–Crippen MR) is 120 cm³/mol. The van der Waals surface area contributed by atoms with Gasteiger partial charge < -0.3 is 9.84 Å². The van der Waals surface area contributed by atoms with E-state index in [-0.39, 0.29) is 22.6 Å². The van der Waals surface area contributed by atoms with Crippen LogP contribution >= 0.6 is 0 Å². The Morgan fingerprint density at radius 2 is 1.69 bits per heavy atom. The van der Waals surface area contributed by atoms with Gasteiger partial charge >= 0.3 is 6.18 Å². The molecule has 1 amide bonds. The molecule has 1 aliphatic rings. The van der Waals surface area contributed by atoms with Crippen molar-refractivity contribution in [2.75, 3.05) is 12.0 Å². The number of aliphatic hydroxyl groups excluding tert-OH is 1. The lowest BCUT2D eigenvalue weighted by molar-refractivity contribution is -0.137. The largest absolute Gasteiger partial charge is 0.507 e. The van der Waals surface area contributed by atoms with Crippen molar-refractivity contribution in [3.05, 3.63) is 100 Å². The number of aliphatic hydroxyl groups is 1. The lowest BCUT2D eigenvalue weighted by Crippen LogP contribution is -2.29. The number of methoxy groups -OCH3 is 1. The minimum absolute atomic E-state index is 0.0249. The predicted octanol–water partition coefficient (Wildman–Crippen LogP) is 5.79. The zero-order valence-electron chi connectivity index (χ0n) is 18.6. The molecule has 9 heteroatoms. The number of aryl methyl sites for hydroxylation is 1. The van der Waals surface area contributed by atoms with Crippen LogP contribution in [0.5, 0.6) is 5.75 Å². The summed E-state index contributed by atoms with van der Waals surface area (Å²) in [6.07, 6.45) is -4.59. The number of amides is 1. The first-order chi connectivity index (χ1) is 16.5. The Hall–Kier alpha value is -4.14. The van der Waals surface area contributed by atoms with E-state index in [1.54, 1.807) is 31.2 Å². The van der Waals surface area contributed by atoms with Crippen LogP contribution in [-0.2, 0) is 15.8 Å². The molecule has 0 aliphatic carbocycles. The second kappa shape index (κ2) is 8.90. The number of ketones is 1. The smallest absolute Gasteiger partial charge is 0.416 e. The van der Waals surface area contributed by atoms with Crippen molar-refractivity contribution in [2.24, 2.45) is 0 Å². The van der Waals surface area contributed by atoms with Gasteiger partial charge in [0.2, 0.25) is 0 Å². The van der Waals surface area contributed by atoms with E-state index in [1.807, 2.05) is 0 Å². The molecule has 1 aliphatic heterocycles. The van der Waals surface area contributed by atoms with Crippen LogP contribution in [0.15, 0.2) is 72.3 Å². The highest BCUT2D eigenvalue weighted by Gasteiger charge is 2.47. The van der Waals surface area contributed by atoms with Gasteiger partial charge in [-0.05, 0) is 55.0 Å². The third kappa shape index (κ3) is 4.37. The first kappa shape index (κ1) is 24.0. The van der Waals surface area contributed by atoms with Crippen molar-refractivity contribution >= 4 is 23.1 Å². The van der Waals surface area contributed by atoms with E-state index >= 15 is 0 Å². The topological polar surface area (TPSA) is 66.8 Å². The fourth-order valence-corrected chi connectivity index (χ4v) is 4.08. The van der Waals surface area contributed by atoms with Crippen molar-refractivity contribution in [1.82, 2.24) is 0 Å². The van der Waals surface area contributed by atoms with Crippen LogP contribution in [0.3, 0.4) is 0 Å². The Bertz CT molecular complexity index is 1350. The maximum atomic E-state index is 14.0. The lowest BCUT2D eigenvalue weighted by atomic mass is 9.94. The zero-order valence-corrected chi connectivity index (χ0v) is 18.6. The fraction of sp³-hybridized carbons (Fsp3) is 0.154. The number of hydrogen-bond acceptors (Lipinski definition) is 4. The molecule has 0 bridgehead atoms. The quantitative estimate of drug-likeness (QED) is 0.220. The summed E-state index contributed by atoms with van der Waals surface area (Å²) in [5, 5.41) is 11.1. The molecule has 180 valence electrons. The fourth-order valence-electron chi connectivity index (χ4n) is 4.08. The summed E-state index contributed by atoms with van der Waals surface area (Å²) >= 11 is 0. The van der Waals surface area contributed by atoms with E-state index in [9.17, 15) is 32.3 Å². The van der Waals surface area contributed by atoms with Crippen LogP contribution in [-0.4, -0.2) is 23.9 Å². The van der Waals surface area contributed by atoms with Gasteiger partial charge in [-0.15, -0.1) is 0 Å². The Morgan fingerprint density at radius 1 is 1.00 bits per heavy atom. The van der Waals surface area contributed by atoms with E-state index in [0.717, 1.165) is 46.9 Å². The van der Waals surface area contributed by atoms with Crippen molar-refractivity contribution in [3.8, 4) is 5.75 Å². The number of anilines is 1. The molecule has 1 atom stereocenters. The molecule has 4 rings (SSSR count). The highest BCUT2D eigenvalue weighted by Crippen LogP contribution is 2.44. The summed E-state index contributed by atoms with van der Waals surface area (Å²) in [5.41, 5.74) is -0.170. The van der Waals surface area contributed by atoms with Gasteiger partial charge in [0.05, 0.1) is 29.9 Å². The third-order valence-corrected chi connectivity index (χ3v) is 5.69. The highest BCUT2D eigenvalue weighted by molar-refractivity contribution is 6.51. The summed E-state index contributed by atoms with van der Waals surface area (Å²) in [7, 11) is 1.29. The summed E-state index contributed by atoms with van der Waals surface area (Å²) in [4.78, 5) is 27.3. The second-order valence-corrected chi connectivity index (χ2v) is 7.97. The average Bonchev–Trinajstić information content (AvgIpc) is 3.08. The molecular weight excluding hydrogens is 466 g/mol. The molecule has 1 heterocycles. The number of rotatable bonds is 4. The van der Waals surface area contributed by atoms with Gasteiger partial charge in [-0.25, -0.2) is 4.39 Å². The monoisotopic (exact) mass is 485 g/mol. The normalized spacial score (nSPS) is 17.7. The van der Waals surface area contributed by atoms with Crippen molar-refractivity contribution in [3.63, 3.8) is 0 Å². The van der Waals surface area contributed by atoms with Crippen LogP contribution in [0.2, 0.25) is 0 Å². The maximum absolute atomic E-state index is 14.0. The highest BCUT2D eigenvalue weighted by atomic mass is 19.4. The molecule has 0 radical (unpaired) electrons. The Kier molecular flexibility index (Phi) is 6.10. The van der Waals surface area contributed by atoms with Gasteiger partial charge in [-0.1, -0.05) is 29.8 Å². The lowest BCUT2D eigenvalue weighted by Gasteiger charge is -2.26. The van der Waals surface area contributed by atoms with Crippen LogP contribution in [0.1, 0.15) is 28.3 Å². The van der Waals surface area contributed by atoms with Gasteiger partial charge in [0, 0.05) is 5.69 Å². The molecule has 0 saturated carbocycles. The van der Waals surface area contributed by atoms with Crippen LogP contribution in [0, 0.1) is 12.7 Å². The number of benzene rings is 3. The molecule has 3 aromatic carbocycles. The summed E-state index contributed by atoms with van der Waals surface area (Å²) < 4.78 is 58.4. The molecule has 1 fully saturated rings. The first-order valence-corrected chi connectivity index (χ1v) is 10.4. The molecule has 1 saturated heterocycles. The van der Waals surface area contributed by atoms with Crippen LogP contribution in [0.25, 0.3) is 5.76 Å². The van der Waals surface area contributed by atoms with E-state index in [1.165, 1.54) is 13.2 Å². The molecule has 3 aromatic rings. The third-order valence-electron chi connectivity index (χ3n) is 5.69. The maximum Gasteiger partial charge on any atom is 0.416 e. The molecular formula is C26H19F4NO4. The number of halogens is 4. The number of carbonyl (C=O) groups is 2. The molecule has 5 nitrogen and oxygen atoms in total. The summed E-state index contributed by atoms with van der Waals surface area (Å²) in [5.74, 6) is -3.43. The van der Waals surface area contributed by atoms with Gasteiger partial charge in [0.15, 0.2) is 0 Å². The van der Waals surface area contributed by atoms with Crippen LogP contribution in [0.4, 0.5) is 23.2 Å². The first-order valence-electron chi connectivity index (χ1n) is 10.4.